The molecule has 2 aromatic carbocycles. The number of benzene rings is 2. The summed E-state index contributed by atoms with van der Waals surface area (Å²) in [6.07, 6.45) is 3.14. The molecule has 0 spiro atoms. The third-order valence-electron chi connectivity index (χ3n) is 6.16. The Morgan fingerprint density at radius 3 is 2.52 bits per heavy atom. The van der Waals surface area contributed by atoms with Crippen molar-refractivity contribution < 1.29 is 13.5 Å². The summed E-state index contributed by atoms with van der Waals surface area (Å²) in [6, 6.07) is 13.3. The maximum absolute atomic E-state index is 14.5. The standard InChI is InChI=1S/C24H30F2N2O/c1-16(2)28-10-8-19(9-11-28)27-23-14-20(23)21-12-18(25)13-22(26)24(21)29-15-17-6-4-3-5-7-17/h3-7,12-13,16,19-20,23,27H,8-11,14-15H2,1-2H3. The first kappa shape index (κ1) is 20.3. The first-order chi connectivity index (χ1) is 14.0. The molecule has 0 amide bonds. The Bertz CT molecular complexity index is 819. The molecular formula is C24H30F2N2O. The van der Waals surface area contributed by atoms with Crippen LogP contribution in [-0.4, -0.2) is 36.1 Å². The molecule has 4 rings (SSSR count). The lowest BCUT2D eigenvalue weighted by Crippen LogP contribution is -2.45. The van der Waals surface area contributed by atoms with Gasteiger partial charge in [0.15, 0.2) is 11.6 Å². The molecule has 2 atom stereocenters. The van der Waals surface area contributed by atoms with Gasteiger partial charge in [0.25, 0.3) is 0 Å². The van der Waals surface area contributed by atoms with E-state index in [4.69, 9.17) is 4.74 Å². The van der Waals surface area contributed by atoms with Crippen molar-refractivity contribution >= 4 is 0 Å². The molecule has 0 aromatic heterocycles. The molecule has 29 heavy (non-hydrogen) atoms. The predicted molar refractivity (Wildman–Crippen MR) is 111 cm³/mol. The van der Waals surface area contributed by atoms with Gasteiger partial charge in [0.2, 0.25) is 0 Å². The second kappa shape index (κ2) is 8.80. The van der Waals surface area contributed by atoms with Gasteiger partial charge in [0.05, 0.1) is 0 Å². The van der Waals surface area contributed by atoms with Crippen LogP contribution in [0.4, 0.5) is 8.78 Å². The second-order valence-electron chi connectivity index (χ2n) is 8.60. The van der Waals surface area contributed by atoms with Crippen LogP contribution in [0.15, 0.2) is 42.5 Å². The molecule has 2 aromatic rings. The smallest absolute Gasteiger partial charge is 0.168 e. The number of rotatable bonds is 7. The van der Waals surface area contributed by atoms with Gasteiger partial charge in [-0.3, -0.25) is 0 Å². The lowest BCUT2D eigenvalue weighted by Gasteiger charge is -2.35. The zero-order valence-electron chi connectivity index (χ0n) is 17.2. The van der Waals surface area contributed by atoms with Gasteiger partial charge in [-0.25, -0.2) is 8.78 Å². The molecule has 3 nitrogen and oxygen atoms in total. The fourth-order valence-corrected chi connectivity index (χ4v) is 4.35. The molecule has 1 N–H and O–H groups in total. The summed E-state index contributed by atoms with van der Waals surface area (Å²) >= 11 is 0. The number of ether oxygens (including phenoxy) is 1. The summed E-state index contributed by atoms with van der Waals surface area (Å²) in [4.78, 5) is 2.50. The van der Waals surface area contributed by atoms with Crippen molar-refractivity contribution in [3.05, 3.63) is 65.2 Å². The fraction of sp³-hybridized carbons (Fsp3) is 0.500. The SMILES string of the molecule is CC(C)N1CCC(NC2CC2c2cc(F)cc(F)c2OCc2ccccc2)CC1. The molecule has 1 saturated heterocycles. The number of likely N-dealkylation sites (tertiary alicyclic amines) is 1. The summed E-state index contributed by atoms with van der Waals surface area (Å²) < 4.78 is 34.3. The van der Waals surface area contributed by atoms with E-state index in [1.807, 2.05) is 30.3 Å². The van der Waals surface area contributed by atoms with Crippen LogP contribution >= 0.6 is 0 Å². The van der Waals surface area contributed by atoms with Gasteiger partial charge in [-0.2, -0.15) is 0 Å². The van der Waals surface area contributed by atoms with Gasteiger partial charge >= 0.3 is 0 Å². The third kappa shape index (κ3) is 4.96. The van der Waals surface area contributed by atoms with Crippen molar-refractivity contribution in [1.82, 2.24) is 10.2 Å². The van der Waals surface area contributed by atoms with Gasteiger partial charge in [0, 0.05) is 35.7 Å². The van der Waals surface area contributed by atoms with Crippen molar-refractivity contribution in [2.75, 3.05) is 13.1 Å². The maximum Gasteiger partial charge on any atom is 0.168 e. The lowest BCUT2D eigenvalue weighted by molar-refractivity contribution is 0.160. The van der Waals surface area contributed by atoms with Gasteiger partial charge in [-0.15, -0.1) is 0 Å². The molecule has 0 bridgehead atoms. The van der Waals surface area contributed by atoms with E-state index >= 15 is 0 Å². The first-order valence-electron chi connectivity index (χ1n) is 10.7. The number of halogens is 2. The molecule has 2 fully saturated rings. The van der Waals surface area contributed by atoms with Crippen LogP contribution in [0, 0.1) is 11.6 Å². The Morgan fingerprint density at radius 1 is 1.10 bits per heavy atom. The summed E-state index contributed by atoms with van der Waals surface area (Å²) in [5.41, 5.74) is 1.61. The molecule has 0 radical (unpaired) electrons. The van der Waals surface area contributed by atoms with Crippen molar-refractivity contribution in [3.63, 3.8) is 0 Å². The Balaban J connectivity index is 1.40. The largest absolute Gasteiger partial charge is 0.486 e. The van der Waals surface area contributed by atoms with Crippen LogP contribution in [0.5, 0.6) is 5.75 Å². The van der Waals surface area contributed by atoms with Crippen LogP contribution in [0.1, 0.15) is 50.2 Å². The summed E-state index contributed by atoms with van der Waals surface area (Å²) in [6.45, 7) is 6.95. The summed E-state index contributed by atoms with van der Waals surface area (Å²) in [5.74, 6) is -0.861. The Hall–Kier alpha value is -1.98. The molecular weight excluding hydrogens is 370 g/mol. The van der Waals surface area contributed by atoms with E-state index in [0.29, 0.717) is 17.6 Å². The average Bonchev–Trinajstić information content (AvgIpc) is 3.47. The first-order valence-corrected chi connectivity index (χ1v) is 10.7. The minimum Gasteiger partial charge on any atom is -0.486 e. The van der Waals surface area contributed by atoms with Gasteiger partial charge in [-0.1, -0.05) is 30.3 Å². The fourth-order valence-electron chi connectivity index (χ4n) is 4.35. The minimum atomic E-state index is -0.619. The average molecular weight is 401 g/mol. The molecule has 1 aliphatic heterocycles. The predicted octanol–water partition coefficient (Wildman–Crippen LogP) is 4.86. The summed E-state index contributed by atoms with van der Waals surface area (Å²) in [7, 11) is 0. The highest BCUT2D eigenvalue weighted by Crippen LogP contribution is 2.46. The van der Waals surface area contributed by atoms with Gasteiger partial charge < -0.3 is 15.0 Å². The molecule has 2 aliphatic rings. The van der Waals surface area contributed by atoms with Crippen molar-refractivity contribution in [1.29, 1.82) is 0 Å². The van der Waals surface area contributed by atoms with Gasteiger partial charge in [0.1, 0.15) is 12.4 Å². The zero-order chi connectivity index (χ0) is 20.4. The number of nitrogens with zero attached hydrogens (tertiary/aromatic N) is 1. The Labute approximate surface area is 172 Å². The topological polar surface area (TPSA) is 24.5 Å². The molecule has 1 saturated carbocycles. The van der Waals surface area contributed by atoms with Crippen LogP contribution in [0.25, 0.3) is 0 Å². The number of nitrogens with one attached hydrogen (secondary N) is 1. The Morgan fingerprint density at radius 2 is 1.83 bits per heavy atom. The molecule has 2 unspecified atom stereocenters. The number of hydrogen-bond acceptors (Lipinski definition) is 3. The van der Waals surface area contributed by atoms with E-state index in [0.717, 1.165) is 44.0 Å². The third-order valence-corrected chi connectivity index (χ3v) is 6.16. The Kier molecular flexibility index (Phi) is 6.16. The van der Waals surface area contributed by atoms with Crippen LogP contribution in [0.2, 0.25) is 0 Å². The monoisotopic (exact) mass is 400 g/mol. The van der Waals surface area contributed by atoms with Crippen LogP contribution in [-0.2, 0) is 6.61 Å². The number of hydrogen-bond donors (Lipinski definition) is 1. The summed E-state index contributed by atoms with van der Waals surface area (Å²) in [5, 5.41) is 3.71. The molecule has 5 heteroatoms. The zero-order valence-corrected chi connectivity index (χ0v) is 17.2. The van der Waals surface area contributed by atoms with Crippen LogP contribution in [0.3, 0.4) is 0 Å². The van der Waals surface area contributed by atoms with E-state index in [1.54, 1.807) is 0 Å². The van der Waals surface area contributed by atoms with Gasteiger partial charge in [-0.05, 0) is 57.8 Å². The molecule has 1 aliphatic carbocycles. The highest BCUT2D eigenvalue weighted by atomic mass is 19.1. The highest BCUT2D eigenvalue weighted by molar-refractivity contribution is 5.42. The number of piperidine rings is 1. The van der Waals surface area contributed by atoms with E-state index in [1.165, 1.54) is 6.07 Å². The maximum atomic E-state index is 14.5. The van der Waals surface area contributed by atoms with Crippen molar-refractivity contribution in [2.45, 2.75) is 63.8 Å². The molecule has 156 valence electrons. The van der Waals surface area contributed by atoms with E-state index in [2.05, 4.69) is 24.1 Å². The molecule has 1 heterocycles. The normalized spacial score (nSPS) is 22.8. The van der Waals surface area contributed by atoms with E-state index in [9.17, 15) is 8.78 Å². The van der Waals surface area contributed by atoms with Crippen molar-refractivity contribution in [2.24, 2.45) is 0 Å². The van der Waals surface area contributed by atoms with E-state index < -0.39 is 11.6 Å². The van der Waals surface area contributed by atoms with E-state index in [-0.39, 0.29) is 24.3 Å². The second-order valence-corrected chi connectivity index (χ2v) is 8.60. The minimum absolute atomic E-state index is 0.106. The lowest BCUT2D eigenvalue weighted by atomic mass is 10.0. The highest BCUT2D eigenvalue weighted by Gasteiger charge is 2.42. The quantitative estimate of drug-likeness (QED) is 0.718. The van der Waals surface area contributed by atoms with Crippen LogP contribution < -0.4 is 10.1 Å². The van der Waals surface area contributed by atoms with Crippen molar-refractivity contribution in [3.8, 4) is 5.75 Å².